The van der Waals surface area contributed by atoms with E-state index in [1.54, 1.807) is 7.05 Å². The standard InChI is InChI=1S/C17H21F3N8/c1-27(2)7-4-8-28(3)15-6-5-13(17(18,19)20)9-14(15)22-11-12(10-21)16-23-25-26-24-16/h5-6,9,11,22H,4,7-8H2,1-3H3,(H,23,24,25,26). The molecular weight excluding hydrogens is 373 g/mol. The SMILES string of the molecule is CN(C)CCCN(C)c1ccc(C(F)(F)F)cc1NC=C(C#N)c1nn[nH]n1. The van der Waals surface area contributed by atoms with Crippen LogP contribution in [0.2, 0.25) is 0 Å². The highest BCUT2D eigenvalue weighted by Crippen LogP contribution is 2.35. The summed E-state index contributed by atoms with van der Waals surface area (Å²) in [6.45, 7) is 1.50. The Hall–Kier alpha value is -3.13. The summed E-state index contributed by atoms with van der Waals surface area (Å²) >= 11 is 0. The monoisotopic (exact) mass is 394 g/mol. The van der Waals surface area contributed by atoms with E-state index in [9.17, 15) is 18.4 Å². The Morgan fingerprint density at radius 3 is 2.61 bits per heavy atom. The molecule has 2 rings (SSSR count). The lowest BCUT2D eigenvalue weighted by Crippen LogP contribution is -2.24. The van der Waals surface area contributed by atoms with Crippen molar-refractivity contribution in [3.05, 3.63) is 35.8 Å². The molecule has 1 aromatic heterocycles. The van der Waals surface area contributed by atoms with E-state index < -0.39 is 11.7 Å². The van der Waals surface area contributed by atoms with Gasteiger partial charge in [-0.05, 0) is 50.5 Å². The van der Waals surface area contributed by atoms with Crippen molar-refractivity contribution in [3.8, 4) is 6.07 Å². The van der Waals surface area contributed by atoms with Crippen LogP contribution in [0.4, 0.5) is 24.5 Å². The average molecular weight is 394 g/mol. The van der Waals surface area contributed by atoms with Gasteiger partial charge in [0.1, 0.15) is 11.6 Å². The van der Waals surface area contributed by atoms with Gasteiger partial charge >= 0.3 is 6.18 Å². The van der Waals surface area contributed by atoms with E-state index in [2.05, 4.69) is 25.9 Å². The third kappa shape index (κ3) is 5.68. The number of alkyl halides is 3. The lowest BCUT2D eigenvalue weighted by atomic mass is 10.1. The fraction of sp³-hybridized carbons (Fsp3) is 0.412. The molecule has 0 saturated carbocycles. The van der Waals surface area contributed by atoms with Gasteiger partial charge in [0, 0.05) is 19.8 Å². The van der Waals surface area contributed by atoms with Crippen LogP contribution < -0.4 is 10.2 Å². The van der Waals surface area contributed by atoms with E-state index in [0.717, 1.165) is 25.1 Å². The van der Waals surface area contributed by atoms with Crippen LogP contribution in [-0.4, -0.2) is 59.8 Å². The van der Waals surface area contributed by atoms with Crippen molar-refractivity contribution in [2.24, 2.45) is 0 Å². The number of aromatic nitrogens is 4. The molecule has 0 aliphatic rings. The number of nitrogens with one attached hydrogen (secondary N) is 2. The van der Waals surface area contributed by atoms with Crippen molar-refractivity contribution in [2.75, 3.05) is 44.4 Å². The van der Waals surface area contributed by atoms with Crippen LogP contribution in [0.25, 0.3) is 5.57 Å². The lowest BCUT2D eigenvalue weighted by Gasteiger charge is -2.24. The van der Waals surface area contributed by atoms with Gasteiger partial charge in [0.05, 0.1) is 16.9 Å². The summed E-state index contributed by atoms with van der Waals surface area (Å²) in [5.74, 6) is 0.0443. The normalized spacial score (nSPS) is 12.1. The molecule has 2 N–H and O–H groups in total. The molecule has 11 heteroatoms. The van der Waals surface area contributed by atoms with E-state index in [0.29, 0.717) is 12.2 Å². The predicted octanol–water partition coefficient (Wildman–Crippen LogP) is 2.58. The number of nitrogens with zero attached hydrogens (tertiary/aromatic N) is 6. The molecule has 2 aromatic rings. The van der Waals surface area contributed by atoms with Crippen LogP contribution in [0.5, 0.6) is 0 Å². The van der Waals surface area contributed by atoms with Gasteiger partial charge in [0.2, 0.25) is 5.82 Å². The zero-order valence-electron chi connectivity index (χ0n) is 15.7. The number of allylic oxidation sites excluding steroid dienone is 1. The molecule has 1 aromatic carbocycles. The molecule has 8 nitrogen and oxygen atoms in total. The molecular formula is C17H21F3N8. The first-order valence-electron chi connectivity index (χ1n) is 8.40. The highest BCUT2D eigenvalue weighted by atomic mass is 19.4. The van der Waals surface area contributed by atoms with E-state index in [4.69, 9.17) is 0 Å². The van der Waals surface area contributed by atoms with Crippen LogP contribution in [0.3, 0.4) is 0 Å². The van der Waals surface area contributed by atoms with Gasteiger partial charge < -0.3 is 15.1 Å². The third-order valence-corrected chi connectivity index (χ3v) is 3.91. The van der Waals surface area contributed by atoms with Crippen molar-refractivity contribution in [3.63, 3.8) is 0 Å². The van der Waals surface area contributed by atoms with Crippen molar-refractivity contribution >= 4 is 16.9 Å². The summed E-state index contributed by atoms with van der Waals surface area (Å²) in [5, 5.41) is 25.0. The second-order valence-corrected chi connectivity index (χ2v) is 6.36. The van der Waals surface area contributed by atoms with E-state index in [-0.39, 0.29) is 17.1 Å². The van der Waals surface area contributed by atoms with Crippen LogP contribution in [0, 0.1) is 11.3 Å². The summed E-state index contributed by atoms with van der Waals surface area (Å²) in [6, 6.07) is 5.35. The molecule has 0 atom stereocenters. The smallest absolute Gasteiger partial charge is 0.373 e. The Bertz CT molecular complexity index is 837. The molecule has 0 bridgehead atoms. The zero-order chi connectivity index (χ0) is 20.7. The number of aromatic amines is 1. The van der Waals surface area contributed by atoms with Crippen molar-refractivity contribution < 1.29 is 13.2 Å². The van der Waals surface area contributed by atoms with Crippen LogP contribution in [-0.2, 0) is 6.18 Å². The first-order valence-corrected chi connectivity index (χ1v) is 8.40. The number of halogens is 3. The maximum atomic E-state index is 13.1. The van der Waals surface area contributed by atoms with Crippen molar-refractivity contribution in [2.45, 2.75) is 12.6 Å². The van der Waals surface area contributed by atoms with Gasteiger partial charge in [-0.25, -0.2) is 0 Å². The summed E-state index contributed by atoms with van der Waals surface area (Å²) in [5.41, 5.74) is 0.0473. The molecule has 0 fully saturated rings. The number of rotatable bonds is 8. The number of tetrazole rings is 1. The molecule has 0 spiro atoms. The van der Waals surface area contributed by atoms with Crippen LogP contribution in [0.1, 0.15) is 17.8 Å². The van der Waals surface area contributed by atoms with Gasteiger partial charge in [-0.3, -0.25) is 0 Å². The highest BCUT2D eigenvalue weighted by molar-refractivity contribution is 5.78. The van der Waals surface area contributed by atoms with E-state index in [1.165, 1.54) is 12.3 Å². The van der Waals surface area contributed by atoms with E-state index >= 15 is 0 Å². The van der Waals surface area contributed by atoms with E-state index in [1.807, 2.05) is 30.0 Å². The number of H-pyrrole nitrogens is 1. The van der Waals surface area contributed by atoms with Gasteiger partial charge in [0.15, 0.2) is 0 Å². The van der Waals surface area contributed by atoms with Gasteiger partial charge in [-0.15, -0.1) is 10.2 Å². The largest absolute Gasteiger partial charge is 0.416 e. The zero-order valence-corrected chi connectivity index (χ0v) is 15.7. The highest BCUT2D eigenvalue weighted by Gasteiger charge is 2.31. The maximum absolute atomic E-state index is 13.1. The summed E-state index contributed by atoms with van der Waals surface area (Å²) in [6.07, 6.45) is -2.38. The van der Waals surface area contributed by atoms with Crippen LogP contribution in [0.15, 0.2) is 24.4 Å². The molecule has 0 aliphatic carbocycles. The Balaban J connectivity index is 2.31. The third-order valence-electron chi connectivity index (χ3n) is 3.91. The predicted molar refractivity (Wildman–Crippen MR) is 99.3 cm³/mol. The molecule has 0 aliphatic heterocycles. The van der Waals surface area contributed by atoms with Crippen LogP contribution >= 0.6 is 0 Å². The average Bonchev–Trinajstić information content (AvgIpc) is 3.15. The number of nitriles is 1. The fourth-order valence-corrected chi connectivity index (χ4v) is 2.48. The minimum atomic E-state index is -4.48. The number of hydrogen-bond acceptors (Lipinski definition) is 7. The lowest BCUT2D eigenvalue weighted by molar-refractivity contribution is -0.137. The second kappa shape index (κ2) is 9.18. The Kier molecular flexibility index (Phi) is 6.94. The minimum absolute atomic E-state index is 0.0346. The Labute approximate surface area is 160 Å². The molecule has 28 heavy (non-hydrogen) atoms. The first-order chi connectivity index (χ1) is 13.2. The number of anilines is 2. The first kappa shape index (κ1) is 21.2. The molecule has 0 amide bonds. The van der Waals surface area contributed by atoms with Gasteiger partial charge in [0.25, 0.3) is 0 Å². The van der Waals surface area contributed by atoms with Crippen molar-refractivity contribution in [1.29, 1.82) is 5.26 Å². The Morgan fingerprint density at radius 2 is 2.04 bits per heavy atom. The van der Waals surface area contributed by atoms with Gasteiger partial charge in [-0.1, -0.05) is 0 Å². The minimum Gasteiger partial charge on any atom is -0.373 e. The number of hydrogen-bond donors (Lipinski definition) is 2. The second-order valence-electron chi connectivity index (χ2n) is 6.36. The maximum Gasteiger partial charge on any atom is 0.416 e. The molecule has 1 heterocycles. The summed E-state index contributed by atoms with van der Waals surface area (Å²) < 4.78 is 39.4. The topological polar surface area (TPSA) is 96.8 Å². The molecule has 0 radical (unpaired) electrons. The molecule has 150 valence electrons. The molecule has 0 saturated heterocycles. The van der Waals surface area contributed by atoms with Crippen molar-refractivity contribution in [1.82, 2.24) is 25.5 Å². The number of benzene rings is 1. The summed E-state index contributed by atoms with van der Waals surface area (Å²) in [7, 11) is 5.71. The quantitative estimate of drug-likeness (QED) is 0.664. The summed E-state index contributed by atoms with van der Waals surface area (Å²) in [4.78, 5) is 3.90. The molecule has 0 unspecified atom stereocenters. The van der Waals surface area contributed by atoms with Gasteiger partial charge in [-0.2, -0.15) is 23.6 Å². The Morgan fingerprint density at radius 1 is 1.29 bits per heavy atom. The fourth-order valence-electron chi connectivity index (χ4n) is 2.48.